The van der Waals surface area contributed by atoms with E-state index in [0.29, 0.717) is 21.9 Å². The molecule has 0 saturated heterocycles. The maximum absolute atomic E-state index is 12.3. The number of amides is 1. The smallest absolute Gasteiger partial charge is 0.249 e. The van der Waals surface area contributed by atoms with Gasteiger partial charge in [-0.15, -0.1) is 22.7 Å². The topological polar surface area (TPSA) is 52.9 Å². The standard InChI is InChI=1S/C21H24N2OS2/c1-4-21(2,3)14-7-9-16-17(13-22)20(26-18(16)12-14)23-19(24)10-8-15-6-5-11-25-15/h5-6,8,10-11,14H,4,7,9,12H2,1-3H3,(H,23,24)/b10-8+/t14-/m0/s1. The highest BCUT2D eigenvalue weighted by Gasteiger charge is 2.33. The third kappa shape index (κ3) is 3.92. The lowest BCUT2D eigenvalue weighted by Gasteiger charge is -2.36. The molecular formula is C21H24N2OS2. The summed E-state index contributed by atoms with van der Waals surface area (Å²) in [5, 5.41) is 15.2. The van der Waals surface area contributed by atoms with Crippen molar-refractivity contribution >= 4 is 39.7 Å². The Hall–Kier alpha value is -1.90. The quantitative estimate of drug-likeness (QED) is 0.655. The van der Waals surface area contributed by atoms with E-state index in [9.17, 15) is 10.1 Å². The zero-order chi connectivity index (χ0) is 18.7. The maximum atomic E-state index is 12.3. The van der Waals surface area contributed by atoms with E-state index in [4.69, 9.17) is 0 Å². The van der Waals surface area contributed by atoms with Gasteiger partial charge in [-0.1, -0.05) is 33.3 Å². The molecule has 0 aliphatic heterocycles. The van der Waals surface area contributed by atoms with Crippen molar-refractivity contribution in [3.05, 3.63) is 44.5 Å². The second-order valence-corrected chi connectivity index (χ2v) is 9.52. The first kappa shape index (κ1) is 18.9. The fraction of sp³-hybridized carbons (Fsp3) is 0.429. The number of hydrogen-bond donors (Lipinski definition) is 1. The van der Waals surface area contributed by atoms with Crippen LogP contribution < -0.4 is 5.32 Å². The number of thiophene rings is 2. The van der Waals surface area contributed by atoms with Gasteiger partial charge in [-0.3, -0.25) is 4.79 Å². The third-order valence-electron chi connectivity index (χ3n) is 5.57. The molecule has 0 fully saturated rings. The average molecular weight is 385 g/mol. The number of carbonyl (C=O) groups is 1. The summed E-state index contributed by atoms with van der Waals surface area (Å²) in [5.74, 6) is 0.450. The van der Waals surface area contributed by atoms with Gasteiger partial charge in [0.05, 0.1) is 5.56 Å². The minimum atomic E-state index is -0.182. The molecule has 1 amide bonds. The molecule has 26 heavy (non-hydrogen) atoms. The SMILES string of the molecule is CCC(C)(C)[C@H]1CCc2c(sc(NC(=O)/C=C/c3cccs3)c2C#N)C1. The van der Waals surface area contributed by atoms with Crippen LogP contribution in [0.2, 0.25) is 0 Å². The first-order valence-electron chi connectivity index (χ1n) is 9.01. The molecule has 2 heterocycles. The molecule has 0 aromatic carbocycles. The number of hydrogen-bond acceptors (Lipinski definition) is 4. The predicted molar refractivity (Wildman–Crippen MR) is 111 cm³/mol. The van der Waals surface area contributed by atoms with Crippen molar-refractivity contribution in [2.75, 3.05) is 5.32 Å². The fourth-order valence-electron chi connectivity index (χ4n) is 3.45. The number of nitrogens with zero attached hydrogens (tertiary/aromatic N) is 1. The zero-order valence-electron chi connectivity index (χ0n) is 15.5. The first-order chi connectivity index (χ1) is 12.4. The maximum Gasteiger partial charge on any atom is 0.249 e. The van der Waals surface area contributed by atoms with Crippen molar-refractivity contribution in [1.29, 1.82) is 5.26 Å². The molecule has 1 atom stereocenters. The van der Waals surface area contributed by atoms with E-state index in [-0.39, 0.29) is 5.91 Å². The second-order valence-electron chi connectivity index (χ2n) is 7.44. The van der Waals surface area contributed by atoms with Crippen molar-refractivity contribution in [2.24, 2.45) is 11.3 Å². The van der Waals surface area contributed by atoms with Gasteiger partial charge in [-0.2, -0.15) is 5.26 Å². The van der Waals surface area contributed by atoms with Gasteiger partial charge in [0.25, 0.3) is 0 Å². The minimum Gasteiger partial charge on any atom is -0.313 e. The van der Waals surface area contributed by atoms with Gasteiger partial charge in [0.1, 0.15) is 11.1 Å². The highest BCUT2D eigenvalue weighted by atomic mass is 32.1. The van der Waals surface area contributed by atoms with Crippen LogP contribution in [0.3, 0.4) is 0 Å². The third-order valence-corrected chi connectivity index (χ3v) is 7.58. The van der Waals surface area contributed by atoms with Crippen LogP contribution in [0.5, 0.6) is 0 Å². The van der Waals surface area contributed by atoms with E-state index in [2.05, 4.69) is 32.2 Å². The van der Waals surface area contributed by atoms with Gasteiger partial charge >= 0.3 is 0 Å². The van der Waals surface area contributed by atoms with Crippen LogP contribution in [0.1, 0.15) is 54.5 Å². The summed E-state index contributed by atoms with van der Waals surface area (Å²) in [6, 6.07) is 6.24. The molecular weight excluding hydrogens is 360 g/mol. The Bertz CT molecular complexity index is 853. The number of anilines is 1. The Labute approximate surface area is 163 Å². The van der Waals surface area contributed by atoms with Crippen LogP contribution >= 0.6 is 22.7 Å². The van der Waals surface area contributed by atoms with Crippen LogP contribution in [-0.2, 0) is 17.6 Å². The molecule has 0 saturated carbocycles. The largest absolute Gasteiger partial charge is 0.313 e. The number of carbonyl (C=O) groups excluding carboxylic acids is 1. The summed E-state index contributed by atoms with van der Waals surface area (Å²) in [4.78, 5) is 14.6. The van der Waals surface area contributed by atoms with E-state index in [1.807, 2.05) is 17.5 Å². The highest BCUT2D eigenvalue weighted by molar-refractivity contribution is 7.16. The molecule has 3 nitrogen and oxygen atoms in total. The fourth-order valence-corrected chi connectivity index (χ4v) is 5.34. The molecule has 2 aromatic heterocycles. The molecule has 5 heteroatoms. The summed E-state index contributed by atoms with van der Waals surface area (Å²) in [5.41, 5.74) is 2.12. The molecule has 2 aromatic rings. The lowest BCUT2D eigenvalue weighted by molar-refractivity contribution is -0.111. The Kier molecular flexibility index (Phi) is 5.64. The monoisotopic (exact) mass is 384 g/mol. The zero-order valence-corrected chi connectivity index (χ0v) is 17.1. The average Bonchev–Trinajstić information content (AvgIpc) is 3.26. The Morgan fingerprint density at radius 2 is 2.31 bits per heavy atom. The van der Waals surface area contributed by atoms with E-state index in [1.54, 1.807) is 28.7 Å². The number of fused-ring (bicyclic) bond motifs is 1. The Morgan fingerprint density at radius 3 is 2.96 bits per heavy atom. The number of rotatable bonds is 5. The molecule has 3 rings (SSSR count). The lowest BCUT2D eigenvalue weighted by atomic mass is 9.69. The van der Waals surface area contributed by atoms with Crippen LogP contribution in [-0.4, -0.2) is 5.91 Å². The van der Waals surface area contributed by atoms with Crippen molar-refractivity contribution in [3.63, 3.8) is 0 Å². The Morgan fingerprint density at radius 1 is 1.50 bits per heavy atom. The number of nitrogens with one attached hydrogen (secondary N) is 1. The van der Waals surface area contributed by atoms with Gasteiger partial charge in [0.2, 0.25) is 5.91 Å². The normalized spacial score (nSPS) is 17.1. The summed E-state index contributed by atoms with van der Waals surface area (Å²) >= 11 is 3.17. The molecule has 1 N–H and O–H groups in total. The van der Waals surface area contributed by atoms with Gasteiger partial charge in [-0.25, -0.2) is 0 Å². The molecule has 0 bridgehead atoms. The summed E-state index contributed by atoms with van der Waals surface area (Å²) in [7, 11) is 0. The van der Waals surface area contributed by atoms with E-state index in [1.165, 1.54) is 11.0 Å². The molecule has 136 valence electrons. The van der Waals surface area contributed by atoms with Crippen molar-refractivity contribution in [2.45, 2.75) is 46.5 Å². The van der Waals surface area contributed by atoms with Gasteiger partial charge in [0.15, 0.2) is 0 Å². The molecule has 0 spiro atoms. The minimum absolute atomic E-state index is 0.182. The summed E-state index contributed by atoms with van der Waals surface area (Å²) < 4.78 is 0. The highest BCUT2D eigenvalue weighted by Crippen LogP contribution is 2.45. The lowest BCUT2D eigenvalue weighted by Crippen LogP contribution is -2.28. The first-order valence-corrected chi connectivity index (χ1v) is 10.7. The van der Waals surface area contributed by atoms with Crippen LogP contribution in [0, 0.1) is 22.7 Å². The van der Waals surface area contributed by atoms with Crippen molar-refractivity contribution in [3.8, 4) is 6.07 Å². The molecule has 1 aliphatic carbocycles. The van der Waals surface area contributed by atoms with Gasteiger partial charge in [-0.05, 0) is 53.7 Å². The molecule has 0 unspecified atom stereocenters. The summed E-state index contributed by atoms with van der Waals surface area (Å²) in [6.07, 6.45) is 7.56. The second kappa shape index (κ2) is 7.77. The van der Waals surface area contributed by atoms with E-state index in [0.717, 1.165) is 36.1 Å². The predicted octanol–water partition coefficient (Wildman–Crippen LogP) is 5.87. The van der Waals surface area contributed by atoms with Gasteiger partial charge < -0.3 is 5.32 Å². The Balaban J connectivity index is 1.78. The van der Waals surface area contributed by atoms with Crippen LogP contribution in [0.25, 0.3) is 6.08 Å². The van der Waals surface area contributed by atoms with Crippen molar-refractivity contribution < 1.29 is 4.79 Å². The summed E-state index contributed by atoms with van der Waals surface area (Å²) in [6.45, 7) is 6.91. The van der Waals surface area contributed by atoms with Crippen LogP contribution in [0.15, 0.2) is 23.6 Å². The van der Waals surface area contributed by atoms with Crippen LogP contribution in [0.4, 0.5) is 5.00 Å². The molecule has 1 aliphatic rings. The van der Waals surface area contributed by atoms with Crippen molar-refractivity contribution in [1.82, 2.24) is 0 Å². The van der Waals surface area contributed by atoms with Gasteiger partial charge in [0, 0.05) is 15.8 Å². The number of nitriles is 1. The van der Waals surface area contributed by atoms with E-state index >= 15 is 0 Å². The van der Waals surface area contributed by atoms with E-state index < -0.39 is 0 Å². The molecule has 0 radical (unpaired) electrons.